The van der Waals surface area contributed by atoms with Gasteiger partial charge in [0.25, 0.3) is 5.91 Å². The molecule has 1 heterocycles. The molecule has 1 aromatic heterocycles. The molecule has 15 heavy (non-hydrogen) atoms. The van der Waals surface area contributed by atoms with Gasteiger partial charge >= 0.3 is 5.97 Å². The Morgan fingerprint density at radius 1 is 1.67 bits per heavy atom. The Hall–Kier alpha value is -1.85. The normalized spacial score (nSPS) is 12.1. The van der Waals surface area contributed by atoms with E-state index in [0.29, 0.717) is 0 Å². The van der Waals surface area contributed by atoms with E-state index in [2.05, 4.69) is 9.68 Å². The number of carboxylic acids is 1. The molecular weight excluding hydrogens is 200 g/mol. The zero-order valence-electron chi connectivity index (χ0n) is 8.51. The lowest BCUT2D eigenvalue weighted by Gasteiger charge is -2.17. The Morgan fingerprint density at radius 2 is 2.33 bits per heavy atom. The van der Waals surface area contributed by atoms with Crippen LogP contribution < -0.4 is 0 Å². The van der Waals surface area contributed by atoms with Crippen molar-refractivity contribution in [2.75, 3.05) is 13.6 Å². The van der Waals surface area contributed by atoms with Crippen LogP contribution in [0.5, 0.6) is 0 Å². The van der Waals surface area contributed by atoms with Crippen molar-refractivity contribution < 1.29 is 19.2 Å². The number of carbonyl (C=O) groups is 2. The number of nitrogens with zero attached hydrogens (tertiary/aromatic N) is 2. The van der Waals surface area contributed by atoms with Gasteiger partial charge in [0, 0.05) is 19.7 Å². The first-order valence-electron chi connectivity index (χ1n) is 4.41. The van der Waals surface area contributed by atoms with Crippen molar-refractivity contribution in [3.05, 3.63) is 18.0 Å². The molecule has 6 nitrogen and oxygen atoms in total. The number of aromatic nitrogens is 1. The third kappa shape index (κ3) is 2.80. The van der Waals surface area contributed by atoms with Crippen molar-refractivity contribution in [2.45, 2.75) is 6.92 Å². The topological polar surface area (TPSA) is 83.6 Å². The van der Waals surface area contributed by atoms with Crippen LogP contribution in [-0.2, 0) is 4.79 Å². The summed E-state index contributed by atoms with van der Waals surface area (Å²) in [5.41, 5.74) is 0. The molecule has 1 rings (SSSR count). The Morgan fingerprint density at radius 3 is 2.80 bits per heavy atom. The second-order valence-corrected chi connectivity index (χ2v) is 3.30. The number of amides is 1. The van der Waals surface area contributed by atoms with Crippen molar-refractivity contribution in [1.29, 1.82) is 0 Å². The standard InChI is InChI=1S/C9H12N2O4/c1-6(9(13)14)5-11(2)8(12)7-3-4-10-15-7/h3-4,6H,5H2,1-2H3,(H,13,14). The minimum atomic E-state index is -0.938. The van der Waals surface area contributed by atoms with Crippen LogP contribution in [0.15, 0.2) is 16.8 Å². The summed E-state index contributed by atoms with van der Waals surface area (Å²) in [6.45, 7) is 1.67. The molecule has 6 heteroatoms. The van der Waals surface area contributed by atoms with Crippen LogP contribution in [0, 0.1) is 5.92 Å². The molecule has 0 fully saturated rings. The molecule has 0 spiro atoms. The highest BCUT2D eigenvalue weighted by molar-refractivity contribution is 5.91. The summed E-state index contributed by atoms with van der Waals surface area (Å²) < 4.78 is 4.67. The maximum atomic E-state index is 11.6. The molecule has 0 saturated carbocycles. The smallest absolute Gasteiger partial charge is 0.308 e. The molecule has 0 aliphatic rings. The minimum absolute atomic E-state index is 0.107. The van der Waals surface area contributed by atoms with Crippen LogP contribution >= 0.6 is 0 Å². The maximum absolute atomic E-state index is 11.6. The number of hydrogen-bond donors (Lipinski definition) is 1. The summed E-state index contributed by atoms with van der Waals surface area (Å²) in [5.74, 6) is -1.82. The molecule has 0 aliphatic carbocycles. The van der Waals surface area contributed by atoms with E-state index in [9.17, 15) is 9.59 Å². The summed E-state index contributed by atoms with van der Waals surface area (Å²) in [7, 11) is 1.52. The Bertz CT molecular complexity index is 347. The van der Waals surface area contributed by atoms with Crippen LogP contribution in [0.2, 0.25) is 0 Å². The third-order valence-electron chi connectivity index (χ3n) is 1.96. The Balaban J connectivity index is 2.58. The Kier molecular flexibility index (Phi) is 3.43. The van der Waals surface area contributed by atoms with Crippen molar-refractivity contribution in [2.24, 2.45) is 5.92 Å². The molecule has 1 N–H and O–H groups in total. The second-order valence-electron chi connectivity index (χ2n) is 3.30. The van der Waals surface area contributed by atoms with E-state index < -0.39 is 11.9 Å². The highest BCUT2D eigenvalue weighted by Gasteiger charge is 2.20. The number of carboxylic acid groups (broad SMARTS) is 1. The number of carbonyl (C=O) groups excluding carboxylic acids is 1. The zero-order chi connectivity index (χ0) is 11.4. The van der Waals surface area contributed by atoms with Crippen LogP contribution in [0.3, 0.4) is 0 Å². The van der Waals surface area contributed by atoms with Gasteiger partial charge in [0.1, 0.15) is 0 Å². The maximum Gasteiger partial charge on any atom is 0.308 e. The highest BCUT2D eigenvalue weighted by Crippen LogP contribution is 2.05. The highest BCUT2D eigenvalue weighted by atomic mass is 16.5. The molecule has 1 aromatic rings. The van der Waals surface area contributed by atoms with Gasteiger partial charge in [0.2, 0.25) is 5.76 Å². The van der Waals surface area contributed by atoms with Gasteiger partial charge < -0.3 is 14.5 Å². The molecule has 82 valence electrons. The van der Waals surface area contributed by atoms with Gasteiger partial charge in [-0.05, 0) is 0 Å². The summed E-state index contributed by atoms with van der Waals surface area (Å²) in [6, 6.07) is 1.43. The summed E-state index contributed by atoms with van der Waals surface area (Å²) in [6.07, 6.45) is 1.36. The fraction of sp³-hybridized carbons (Fsp3) is 0.444. The Labute approximate surface area is 86.5 Å². The van der Waals surface area contributed by atoms with Gasteiger partial charge in [-0.1, -0.05) is 12.1 Å². The predicted octanol–water partition coefficient (Wildman–Crippen LogP) is 0.467. The van der Waals surface area contributed by atoms with Crippen LogP contribution in [0.4, 0.5) is 0 Å². The van der Waals surface area contributed by atoms with Crippen molar-refractivity contribution >= 4 is 11.9 Å². The largest absolute Gasteiger partial charge is 0.481 e. The SMILES string of the molecule is CC(CN(C)C(=O)c1ccno1)C(=O)O. The first-order chi connectivity index (χ1) is 7.02. The summed E-state index contributed by atoms with van der Waals surface area (Å²) in [4.78, 5) is 23.4. The van der Waals surface area contributed by atoms with Crippen molar-refractivity contribution in [1.82, 2.24) is 10.1 Å². The molecular formula is C9H12N2O4. The van der Waals surface area contributed by atoms with Crippen LogP contribution in [0.25, 0.3) is 0 Å². The lowest BCUT2D eigenvalue weighted by molar-refractivity contribution is -0.141. The predicted molar refractivity (Wildman–Crippen MR) is 50.3 cm³/mol. The zero-order valence-corrected chi connectivity index (χ0v) is 8.51. The van der Waals surface area contributed by atoms with E-state index in [-0.39, 0.29) is 18.2 Å². The molecule has 0 aliphatic heterocycles. The van der Waals surface area contributed by atoms with E-state index in [1.807, 2.05) is 0 Å². The summed E-state index contributed by atoms with van der Waals surface area (Å²) in [5, 5.41) is 12.1. The molecule has 1 amide bonds. The monoisotopic (exact) mass is 212 g/mol. The van der Waals surface area contributed by atoms with Gasteiger partial charge in [-0.3, -0.25) is 9.59 Å². The van der Waals surface area contributed by atoms with Crippen molar-refractivity contribution in [3.63, 3.8) is 0 Å². The molecule has 0 saturated heterocycles. The number of hydrogen-bond acceptors (Lipinski definition) is 4. The van der Waals surface area contributed by atoms with Gasteiger partial charge in [0.15, 0.2) is 0 Å². The number of aliphatic carboxylic acids is 1. The number of rotatable bonds is 4. The first-order valence-corrected chi connectivity index (χ1v) is 4.41. The lowest BCUT2D eigenvalue weighted by Crippen LogP contribution is -2.33. The molecule has 1 atom stereocenters. The minimum Gasteiger partial charge on any atom is -0.481 e. The van der Waals surface area contributed by atoms with Gasteiger partial charge in [-0.25, -0.2) is 0 Å². The van der Waals surface area contributed by atoms with E-state index in [1.54, 1.807) is 0 Å². The van der Waals surface area contributed by atoms with Gasteiger partial charge in [-0.2, -0.15) is 0 Å². The van der Waals surface area contributed by atoms with Crippen LogP contribution in [0.1, 0.15) is 17.5 Å². The van der Waals surface area contributed by atoms with Crippen LogP contribution in [-0.4, -0.2) is 40.6 Å². The molecule has 0 bridgehead atoms. The third-order valence-corrected chi connectivity index (χ3v) is 1.96. The second kappa shape index (κ2) is 4.59. The average Bonchev–Trinajstić information content (AvgIpc) is 2.68. The van der Waals surface area contributed by atoms with E-state index in [4.69, 9.17) is 5.11 Å². The molecule has 0 radical (unpaired) electrons. The fourth-order valence-electron chi connectivity index (χ4n) is 1.09. The summed E-state index contributed by atoms with van der Waals surface area (Å²) >= 11 is 0. The van der Waals surface area contributed by atoms with Gasteiger partial charge in [0.05, 0.1) is 12.1 Å². The van der Waals surface area contributed by atoms with E-state index in [1.165, 1.54) is 31.1 Å². The van der Waals surface area contributed by atoms with Crippen molar-refractivity contribution in [3.8, 4) is 0 Å². The molecule has 1 unspecified atom stereocenters. The van der Waals surface area contributed by atoms with Gasteiger partial charge in [-0.15, -0.1) is 0 Å². The van der Waals surface area contributed by atoms with E-state index in [0.717, 1.165) is 0 Å². The quantitative estimate of drug-likeness (QED) is 0.784. The average molecular weight is 212 g/mol. The first kappa shape index (κ1) is 11.2. The molecule has 0 aromatic carbocycles. The van der Waals surface area contributed by atoms with E-state index >= 15 is 0 Å². The fourth-order valence-corrected chi connectivity index (χ4v) is 1.09. The lowest BCUT2D eigenvalue weighted by atomic mass is 10.2.